The Kier molecular flexibility index (Phi) is 3.79. The fraction of sp³-hybridized carbons (Fsp3) is 0.333. The summed E-state index contributed by atoms with van der Waals surface area (Å²) in [5.41, 5.74) is 8.24. The van der Waals surface area contributed by atoms with E-state index >= 15 is 0 Å². The van der Waals surface area contributed by atoms with Crippen molar-refractivity contribution in [1.82, 2.24) is 9.13 Å². The van der Waals surface area contributed by atoms with E-state index in [9.17, 15) is 9.59 Å². The van der Waals surface area contributed by atoms with Gasteiger partial charge in [0.25, 0.3) is 5.56 Å². The van der Waals surface area contributed by atoms with Crippen LogP contribution in [-0.4, -0.2) is 9.13 Å². The quantitative estimate of drug-likeness (QED) is 0.915. The summed E-state index contributed by atoms with van der Waals surface area (Å²) in [5, 5.41) is 0. The number of nitrogen functional groups attached to an aromatic ring is 1. The van der Waals surface area contributed by atoms with Crippen LogP contribution in [0.4, 0.5) is 5.69 Å². The molecule has 0 aliphatic rings. The molecule has 5 nitrogen and oxygen atoms in total. The third-order valence-corrected chi connectivity index (χ3v) is 3.52. The average Bonchev–Trinajstić information content (AvgIpc) is 2.42. The van der Waals surface area contributed by atoms with Crippen LogP contribution in [0.2, 0.25) is 0 Å². The molecule has 0 bridgehead atoms. The molecule has 5 heteroatoms. The minimum absolute atomic E-state index is 0.0929. The smallest absolute Gasteiger partial charge is 0.331 e. The molecule has 2 aromatic rings. The molecule has 2 rings (SSSR count). The third kappa shape index (κ3) is 2.52. The van der Waals surface area contributed by atoms with E-state index in [2.05, 4.69) is 0 Å². The van der Waals surface area contributed by atoms with Gasteiger partial charge < -0.3 is 5.73 Å². The Hall–Kier alpha value is -2.30. The number of anilines is 1. The second-order valence-electron chi connectivity index (χ2n) is 4.96. The minimum Gasteiger partial charge on any atom is -0.393 e. The van der Waals surface area contributed by atoms with E-state index in [1.165, 1.54) is 20.9 Å². The number of aryl methyl sites for hydroxylation is 3. The number of benzene rings is 1. The maximum absolute atomic E-state index is 12.2. The van der Waals surface area contributed by atoms with Crippen LogP contribution in [0.15, 0.2) is 34.0 Å². The number of nitrogens with two attached hydrogens (primary N) is 1. The highest BCUT2D eigenvalue weighted by Crippen LogP contribution is 2.10. The van der Waals surface area contributed by atoms with Crippen LogP contribution >= 0.6 is 0 Å². The summed E-state index contributed by atoms with van der Waals surface area (Å²) in [6.07, 6.45) is 1.40. The van der Waals surface area contributed by atoms with Gasteiger partial charge in [-0.2, -0.15) is 0 Å². The molecule has 0 amide bonds. The van der Waals surface area contributed by atoms with Gasteiger partial charge in [-0.1, -0.05) is 18.2 Å². The Balaban J connectivity index is 2.53. The molecule has 0 unspecified atom stereocenters. The summed E-state index contributed by atoms with van der Waals surface area (Å²) in [6.45, 7) is 6.59. The highest BCUT2D eigenvalue weighted by Gasteiger charge is 2.09. The van der Waals surface area contributed by atoms with Crippen LogP contribution in [0, 0.1) is 13.8 Å². The number of rotatable bonds is 3. The van der Waals surface area contributed by atoms with Gasteiger partial charge in [0, 0.05) is 12.7 Å². The van der Waals surface area contributed by atoms with Gasteiger partial charge in [-0.3, -0.25) is 13.9 Å². The van der Waals surface area contributed by atoms with Crippen molar-refractivity contribution in [3.05, 3.63) is 61.9 Å². The zero-order valence-corrected chi connectivity index (χ0v) is 12.0. The van der Waals surface area contributed by atoms with Crippen molar-refractivity contribution < 1.29 is 0 Å². The van der Waals surface area contributed by atoms with E-state index in [-0.39, 0.29) is 17.9 Å². The third-order valence-electron chi connectivity index (χ3n) is 3.52. The van der Waals surface area contributed by atoms with Gasteiger partial charge in [0.1, 0.15) is 5.69 Å². The molecule has 0 atom stereocenters. The van der Waals surface area contributed by atoms with Crippen molar-refractivity contribution in [2.24, 2.45) is 0 Å². The van der Waals surface area contributed by atoms with Gasteiger partial charge in [-0.05, 0) is 37.5 Å². The van der Waals surface area contributed by atoms with Gasteiger partial charge in [0.05, 0.1) is 6.54 Å². The molecule has 1 heterocycles. The predicted octanol–water partition coefficient (Wildman–Crippen LogP) is 1.28. The van der Waals surface area contributed by atoms with Crippen molar-refractivity contribution in [1.29, 1.82) is 0 Å². The predicted molar refractivity (Wildman–Crippen MR) is 80.1 cm³/mol. The van der Waals surface area contributed by atoms with E-state index in [0.717, 1.165) is 11.1 Å². The number of hydrogen-bond acceptors (Lipinski definition) is 3. The van der Waals surface area contributed by atoms with Crippen LogP contribution in [-0.2, 0) is 13.1 Å². The lowest BCUT2D eigenvalue weighted by atomic mass is 10.1. The lowest BCUT2D eigenvalue weighted by molar-refractivity contribution is 0.603. The summed E-state index contributed by atoms with van der Waals surface area (Å²) >= 11 is 0. The standard InChI is InChI=1S/C15H19N3O2/c1-4-17-9-13(16)14(19)18(15(17)20)8-12-6-5-10(2)11(3)7-12/h5-7,9H,4,8,16H2,1-3H3. The molecule has 0 fully saturated rings. The van der Waals surface area contributed by atoms with Crippen LogP contribution in [0.25, 0.3) is 0 Å². The fourth-order valence-electron chi connectivity index (χ4n) is 2.13. The molecule has 1 aromatic heterocycles. The topological polar surface area (TPSA) is 70.0 Å². The first-order valence-corrected chi connectivity index (χ1v) is 6.60. The second kappa shape index (κ2) is 5.36. The molecule has 0 saturated heterocycles. The molecule has 2 N–H and O–H groups in total. The summed E-state index contributed by atoms with van der Waals surface area (Å²) in [6, 6.07) is 5.90. The molecule has 106 valence electrons. The lowest BCUT2D eigenvalue weighted by Crippen LogP contribution is -2.40. The first kappa shape index (κ1) is 14.1. The Morgan fingerprint density at radius 2 is 1.85 bits per heavy atom. The fourth-order valence-corrected chi connectivity index (χ4v) is 2.13. The van der Waals surface area contributed by atoms with Crippen LogP contribution in [0.1, 0.15) is 23.6 Å². The van der Waals surface area contributed by atoms with E-state index in [0.29, 0.717) is 6.54 Å². The number of hydrogen-bond donors (Lipinski definition) is 1. The second-order valence-corrected chi connectivity index (χ2v) is 4.96. The Morgan fingerprint density at radius 1 is 1.15 bits per heavy atom. The molecular weight excluding hydrogens is 254 g/mol. The molecule has 0 aliphatic heterocycles. The Bertz CT molecular complexity index is 757. The van der Waals surface area contributed by atoms with E-state index in [4.69, 9.17) is 5.73 Å². The molecule has 1 aromatic carbocycles. The number of nitrogens with zero attached hydrogens (tertiary/aromatic N) is 2. The summed E-state index contributed by atoms with van der Waals surface area (Å²) < 4.78 is 2.63. The van der Waals surface area contributed by atoms with Crippen molar-refractivity contribution in [3.8, 4) is 0 Å². The van der Waals surface area contributed by atoms with Gasteiger partial charge in [-0.15, -0.1) is 0 Å². The van der Waals surface area contributed by atoms with Gasteiger partial charge >= 0.3 is 5.69 Å². The monoisotopic (exact) mass is 273 g/mol. The van der Waals surface area contributed by atoms with Gasteiger partial charge in [0.15, 0.2) is 0 Å². The highest BCUT2D eigenvalue weighted by molar-refractivity contribution is 5.33. The first-order chi connectivity index (χ1) is 9.43. The van der Waals surface area contributed by atoms with Crippen LogP contribution in [0.3, 0.4) is 0 Å². The van der Waals surface area contributed by atoms with Crippen molar-refractivity contribution in [2.45, 2.75) is 33.9 Å². The number of aromatic nitrogens is 2. The molecule has 20 heavy (non-hydrogen) atoms. The van der Waals surface area contributed by atoms with Gasteiger partial charge in [-0.25, -0.2) is 4.79 Å². The maximum atomic E-state index is 12.2. The van der Waals surface area contributed by atoms with Crippen molar-refractivity contribution >= 4 is 5.69 Å². The highest BCUT2D eigenvalue weighted by atomic mass is 16.2. The molecular formula is C15H19N3O2. The lowest BCUT2D eigenvalue weighted by Gasteiger charge is -2.11. The summed E-state index contributed by atoms with van der Waals surface area (Å²) in [5.74, 6) is 0. The zero-order chi connectivity index (χ0) is 14.9. The maximum Gasteiger partial charge on any atom is 0.331 e. The Labute approximate surface area is 117 Å². The van der Waals surface area contributed by atoms with E-state index < -0.39 is 5.56 Å². The van der Waals surface area contributed by atoms with Crippen molar-refractivity contribution in [2.75, 3.05) is 5.73 Å². The van der Waals surface area contributed by atoms with Crippen LogP contribution in [0.5, 0.6) is 0 Å². The molecule has 0 saturated carbocycles. The molecule has 0 spiro atoms. The molecule has 0 radical (unpaired) electrons. The molecule has 0 aliphatic carbocycles. The summed E-state index contributed by atoms with van der Waals surface area (Å²) in [7, 11) is 0. The van der Waals surface area contributed by atoms with E-state index in [1.807, 2.05) is 39.0 Å². The van der Waals surface area contributed by atoms with Crippen LogP contribution < -0.4 is 17.0 Å². The van der Waals surface area contributed by atoms with E-state index in [1.54, 1.807) is 0 Å². The van der Waals surface area contributed by atoms with Gasteiger partial charge in [0.2, 0.25) is 0 Å². The zero-order valence-electron chi connectivity index (χ0n) is 12.0. The largest absolute Gasteiger partial charge is 0.393 e. The normalized spacial score (nSPS) is 10.8. The SMILES string of the molecule is CCn1cc(N)c(=O)n(Cc2ccc(C)c(C)c2)c1=O. The summed E-state index contributed by atoms with van der Waals surface area (Å²) in [4.78, 5) is 24.2. The van der Waals surface area contributed by atoms with Crippen molar-refractivity contribution in [3.63, 3.8) is 0 Å². The minimum atomic E-state index is -0.432. The average molecular weight is 273 g/mol. The first-order valence-electron chi connectivity index (χ1n) is 6.60. The Morgan fingerprint density at radius 3 is 2.45 bits per heavy atom.